The fourth-order valence-corrected chi connectivity index (χ4v) is 4.90. The first-order valence-electron chi connectivity index (χ1n) is 7.45. The SMILES string of the molecule is CNCc1ccc(Br)c(S(=O)(=O)NCCC2CCCC2)c1. The largest absolute Gasteiger partial charge is 0.316 e. The van der Waals surface area contributed by atoms with E-state index in [0.717, 1.165) is 12.0 Å². The van der Waals surface area contributed by atoms with Crippen molar-refractivity contribution in [2.75, 3.05) is 13.6 Å². The normalized spacial score (nSPS) is 16.5. The molecule has 0 unspecified atom stereocenters. The standard InChI is InChI=1S/C15H23BrN2O2S/c1-17-11-13-6-7-14(16)15(10-13)21(19,20)18-9-8-12-4-2-3-5-12/h6-7,10,12,17-18H,2-5,8-9,11H2,1H3. The molecular formula is C15H23BrN2O2S. The van der Waals surface area contributed by atoms with Crippen molar-refractivity contribution < 1.29 is 8.42 Å². The van der Waals surface area contributed by atoms with Crippen LogP contribution in [-0.4, -0.2) is 22.0 Å². The molecule has 21 heavy (non-hydrogen) atoms. The summed E-state index contributed by atoms with van der Waals surface area (Å²) in [5, 5.41) is 3.03. The van der Waals surface area contributed by atoms with Gasteiger partial charge in [0.15, 0.2) is 0 Å². The molecule has 1 saturated carbocycles. The van der Waals surface area contributed by atoms with Crippen LogP contribution in [0.5, 0.6) is 0 Å². The van der Waals surface area contributed by atoms with Gasteiger partial charge in [-0.1, -0.05) is 31.7 Å². The molecule has 2 N–H and O–H groups in total. The van der Waals surface area contributed by atoms with Gasteiger partial charge in [0.1, 0.15) is 0 Å². The third kappa shape index (κ3) is 4.77. The smallest absolute Gasteiger partial charge is 0.241 e. The lowest BCUT2D eigenvalue weighted by Crippen LogP contribution is -2.26. The summed E-state index contributed by atoms with van der Waals surface area (Å²) in [6.07, 6.45) is 5.99. The van der Waals surface area contributed by atoms with Crippen LogP contribution in [-0.2, 0) is 16.6 Å². The molecule has 0 aromatic heterocycles. The zero-order valence-corrected chi connectivity index (χ0v) is 14.8. The summed E-state index contributed by atoms with van der Waals surface area (Å²) >= 11 is 3.34. The lowest BCUT2D eigenvalue weighted by Gasteiger charge is -2.12. The van der Waals surface area contributed by atoms with E-state index in [9.17, 15) is 8.42 Å². The van der Waals surface area contributed by atoms with E-state index < -0.39 is 10.0 Å². The summed E-state index contributed by atoms with van der Waals surface area (Å²) in [5.41, 5.74) is 0.955. The molecule has 2 rings (SSSR count). The van der Waals surface area contributed by atoms with Gasteiger partial charge >= 0.3 is 0 Å². The molecule has 0 spiro atoms. The first-order chi connectivity index (χ1) is 10.0. The molecule has 0 amide bonds. The van der Waals surface area contributed by atoms with Crippen LogP contribution in [0.1, 0.15) is 37.7 Å². The first-order valence-corrected chi connectivity index (χ1v) is 9.73. The lowest BCUT2D eigenvalue weighted by molar-refractivity contribution is 0.495. The molecule has 1 aromatic rings. The molecule has 1 aliphatic rings. The minimum atomic E-state index is -3.45. The van der Waals surface area contributed by atoms with Gasteiger partial charge in [-0.3, -0.25) is 0 Å². The summed E-state index contributed by atoms with van der Waals surface area (Å²) in [5.74, 6) is 0.687. The van der Waals surface area contributed by atoms with Gasteiger partial charge in [0.05, 0.1) is 4.90 Å². The third-order valence-electron chi connectivity index (χ3n) is 3.99. The second-order valence-corrected chi connectivity index (χ2v) is 8.22. The van der Waals surface area contributed by atoms with Crippen molar-refractivity contribution >= 4 is 26.0 Å². The molecule has 1 fully saturated rings. The van der Waals surface area contributed by atoms with Crippen LogP contribution in [0.25, 0.3) is 0 Å². The molecule has 0 atom stereocenters. The quantitative estimate of drug-likeness (QED) is 0.770. The van der Waals surface area contributed by atoms with Crippen LogP contribution < -0.4 is 10.0 Å². The zero-order chi connectivity index (χ0) is 15.3. The van der Waals surface area contributed by atoms with E-state index >= 15 is 0 Å². The average molecular weight is 375 g/mol. The van der Waals surface area contributed by atoms with E-state index in [1.165, 1.54) is 25.7 Å². The van der Waals surface area contributed by atoms with Crippen LogP contribution in [0, 0.1) is 5.92 Å². The number of hydrogen-bond acceptors (Lipinski definition) is 3. The predicted molar refractivity (Wildman–Crippen MR) is 88.7 cm³/mol. The van der Waals surface area contributed by atoms with E-state index in [2.05, 4.69) is 26.0 Å². The molecule has 0 bridgehead atoms. The van der Waals surface area contributed by atoms with Crippen molar-refractivity contribution in [1.29, 1.82) is 0 Å². The number of halogens is 1. The Morgan fingerprint density at radius 1 is 1.29 bits per heavy atom. The Morgan fingerprint density at radius 3 is 2.67 bits per heavy atom. The number of rotatable bonds is 7. The predicted octanol–water partition coefficient (Wildman–Crippen LogP) is 3.03. The van der Waals surface area contributed by atoms with E-state index in [1.54, 1.807) is 12.1 Å². The van der Waals surface area contributed by atoms with Crippen LogP contribution in [0.4, 0.5) is 0 Å². The Kier molecular flexibility index (Phi) is 6.22. The maximum Gasteiger partial charge on any atom is 0.241 e. The summed E-state index contributed by atoms with van der Waals surface area (Å²) < 4.78 is 28.2. The maximum absolute atomic E-state index is 12.4. The van der Waals surface area contributed by atoms with Gasteiger partial charge in [0.25, 0.3) is 0 Å². The summed E-state index contributed by atoms with van der Waals surface area (Å²) in [6.45, 7) is 1.17. The number of nitrogens with one attached hydrogen (secondary N) is 2. The molecule has 0 saturated heterocycles. The highest BCUT2D eigenvalue weighted by molar-refractivity contribution is 9.10. The van der Waals surface area contributed by atoms with Gasteiger partial charge < -0.3 is 5.32 Å². The van der Waals surface area contributed by atoms with Crippen LogP contribution in [0.15, 0.2) is 27.6 Å². The zero-order valence-electron chi connectivity index (χ0n) is 12.4. The molecule has 0 heterocycles. The fourth-order valence-electron chi connectivity index (χ4n) is 2.84. The maximum atomic E-state index is 12.4. The van der Waals surface area contributed by atoms with E-state index in [4.69, 9.17) is 0 Å². The monoisotopic (exact) mass is 374 g/mol. The Balaban J connectivity index is 2.02. The van der Waals surface area contributed by atoms with Crippen molar-refractivity contribution in [2.24, 2.45) is 5.92 Å². The van der Waals surface area contributed by atoms with E-state index in [-0.39, 0.29) is 0 Å². The van der Waals surface area contributed by atoms with Crippen molar-refractivity contribution in [3.63, 3.8) is 0 Å². The fraction of sp³-hybridized carbons (Fsp3) is 0.600. The number of sulfonamides is 1. The van der Waals surface area contributed by atoms with Gasteiger partial charge in [0, 0.05) is 17.6 Å². The molecule has 1 aliphatic carbocycles. The molecule has 1 aromatic carbocycles. The summed E-state index contributed by atoms with van der Waals surface area (Å²) in [7, 11) is -1.60. The summed E-state index contributed by atoms with van der Waals surface area (Å²) in [6, 6.07) is 5.43. The van der Waals surface area contributed by atoms with Crippen molar-refractivity contribution in [3.05, 3.63) is 28.2 Å². The third-order valence-corrected chi connectivity index (χ3v) is 6.44. The Morgan fingerprint density at radius 2 is 2.00 bits per heavy atom. The Hall–Kier alpha value is -0.430. The second kappa shape index (κ2) is 7.72. The van der Waals surface area contributed by atoms with Gasteiger partial charge in [-0.25, -0.2) is 13.1 Å². The van der Waals surface area contributed by atoms with Crippen molar-refractivity contribution in [3.8, 4) is 0 Å². The second-order valence-electron chi connectivity index (χ2n) is 5.63. The molecule has 0 aliphatic heterocycles. The Labute approximate surface area is 135 Å². The first kappa shape index (κ1) is 16.9. The minimum Gasteiger partial charge on any atom is -0.316 e. The van der Waals surface area contributed by atoms with Gasteiger partial charge in [-0.05, 0) is 53.0 Å². The van der Waals surface area contributed by atoms with Gasteiger partial charge in [-0.15, -0.1) is 0 Å². The van der Waals surface area contributed by atoms with Crippen molar-refractivity contribution in [2.45, 2.75) is 43.5 Å². The van der Waals surface area contributed by atoms with Crippen LogP contribution in [0.3, 0.4) is 0 Å². The summed E-state index contributed by atoms with van der Waals surface area (Å²) in [4.78, 5) is 0.321. The molecule has 118 valence electrons. The minimum absolute atomic E-state index is 0.321. The number of hydrogen-bond donors (Lipinski definition) is 2. The topological polar surface area (TPSA) is 58.2 Å². The highest BCUT2D eigenvalue weighted by atomic mass is 79.9. The molecular weight excluding hydrogens is 352 g/mol. The molecule has 6 heteroatoms. The van der Waals surface area contributed by atoms with Gasteiger partial charge in [0.2, 0.25) is 10.0 Å². The highest BCUT2D eigenvalue weighted by Gasteiger charge is 2.20. The lowest BCUT2D eigenvalue weighted by atomic mass is 10.1. The van der Waals surface area contributed by atoms with Crippen molar-refractivity contribution in [1.82, 2.24) is 10.0 Å². The van der Waals surface area contributed by atoms with Crippen LogP contribution >= 0.6 is 15.9 Å². The van der Waals surface area contributed by atoms with E-state index in [1.807, 2.05) is 13.1 Å². The van der Waals surface area contributed by atoms with Crippen LogP contribution in [0.2, 0.25) is 0 Å². The highest BCUT2D eigenvalue weighted by Crippen LogP contribution is 2.27. The van der Waals surface area contributed by atoms with Gasteiger partial charge in [-0.2, -0.15) is 0 Å². The average Bonchev–Trinajstić information content (AvgIpc) is 2.94. The number of benzene rings is 1. The van der Waals surface area contributed by atoms with E-state index in [0.29, 0.717) is 28.4 Å². The Bertz CT molecular complexity index is 569. The molecule has 4 nitrogen and oxygen atoms in total. The molecule has 0 radical (unpaired) electrons.